The van der Waals surface area contributed by atoms with Crippen LogP contribution in [0.4, 0.5) is 5.69 Å². The summed E-state index contributed by atoms with van der Waals surface area (Å²) in [6, 6.07) is 7.11. The highest BCUT2D eigenvalue weighted by molar-refractivity contribution is 6.04. The minimum atomic E-state index is -0.428. The number of anilines is 1. The van der Waals surface area contributed by atoms with E-state index < -0.39 is 5.91 Å². The Hall–Kier alpha value is -2.37. The average Bonchev–Trinajstić information content (AvgIpc) is 3.22. The molecule has 3 aliphatic rings. The summed E-state index contributed by atoms with van der Waals surface area (Å²) >= 11 is 0. The van der Waals surface area contributed by atoms with Gasteiger partial charge in [0.1, 0.15) is 0 Å². The van der Waals surface area contributed by atoms with Crippen LogP contribution in [0.25, 0.3) is 0 Å². The molecule has 0 aliphatic heterocycles. The maximum absolute atomic E-state index is 12.3. The summed E-state index contributed by atoms with van der Waals surface area (Å²) in [6.07, 6.45) is 7.30. The summed E-state index contributed by atoms with van der Waals surface area (Å²) < 4.78 is 5.17. The van der Waals surface area contributed by atoms with Gasteiger partial charge < -0.3 is 15.4 Å². The van der Waals surface area contributed by atoms with Crippen LogP contribution in [0.15, 0.2) is 24.3 Å². The average molecular weight is 370 g/mol. The smallest absolute Gasteiger partial charge is 0.306 e. The Morgan fingerprint density at radius 3 is 2.56 bits per heavy atom. The van der Waals surface area contributed by atoms with Gasteiger partial charge in [0.05, 0.1) is 11.3 Å². The maximum atomic E-state index is 12.3. The van der Waals surface area contributed by atoms with Crippen molar-refractivity contribution in [2.75, 3.05) is 11.9 Å². The number of amides is 2. The fourth-order valence-electron chi connectivity index (χ4n) is 4.51. The van der Waals surface area contributed by atoms with Crippen molar-refractivity contribution in [3.05, 3.63) is 29.8 Å². The van der Waals surface area contributed by atoms with Crippen LogP contribution in [0.3, 0.4) is 0 Å². The van der Waals surface area contributed by atoms with Crippen LogP contribution in [-0.4, -0.2) is 30.4 Å². The number of ether oxygens (including phenoxy) is 1. The molecule has 6 nitrogen and oxygen atoms in total. The molecule has 0 saturated heterocycles. The number of hydrogen-bond donors (Lipinski definition) is 2. The predicted molar refractivity (Wildman–Crippen MR) is 100 cm³/mol. The lowest BCUT2D eigenvalue weighted by molar-refractivity contribution is -0.148. The van der Waals surface area contributed by atoms with Gasteiger partial charge in [0.25, 0.3) is 11.8 Å². The normalized spacial score (nSPS) is 25.9. The highest BCUT2D eigenvalue weighted by Gasteiger charge is 2.40. The van der Waals surface area contributed by atoms with Crippen molar-refractivity contribution in [1.82, 2.24) is 5.32 Å². The molecule has 144 valence electrons. The molecule has 4 rings (SSSR count). The number of carbonyl (C=O) groups is 3. The summed E-state index contributed by atoms with van der Waals surface area (Å²) in [6.45, 7) is -0.321. The number of carbonyl (C=O) groups excluding carboxylic acids is 3. The van der Waals surface area contributed by atoms with Gasteiger partial charge in [0.2, 0.25) is 0 Å². The van der Waals surface area contributed by atoms with E-state index in [4.69, 9.17) is 4.74 Å². The maximum Gasteiger partial charge on any atom is 0.306 e. The second-order valence-corrected chi connectivity index (χ2v) is 8.14. The zero-order chi connectivity index (χ0) is 18.8. The first kappa shape index (κ1) is 18.0. The molecule has 0 radical (unpaired) electrons. The van der Waals surface area contributed by atoms with Gasteiger partial charge in [-0.1, -0.05) is 18.6 Å². The molecule has 27 heavy (non-hydrogen) atoms. The van der Waals surface area contributed by atoms with Gasteiger partial charge in [-0.05, 0) is 62.0 Å². The molecule has 0 unspecified atom stereocenters. The first-order chi connectivity index (χ1) is 13.1. The SMILES string of the molecule is O=C(COC(=O)C[C@H]1C[C@@H]2CC[C@@H]1C2)Nc1ccccc1C(=O)NC1CC1. The first-order valence-corrected chi connectivity index (χ1v) is 9.94. The molecule has 2 N–H and O–H groups in total. The van der Waals surface area contributed by atoms with Gasteiger partial charge >= 0.3 is 5.97 Å². The van der Waals surface area contributed by atoms with Crippen molar-refractivity contribution in [3.63, 3.8) is 0 Å². The molecule has 3 aliphatic carbocycles. The van der Waals surface area contributed by atoms with Gasteiger partial charge in [-0.2, -0.15) is 0 Å². The standard InChI is InChI=1S/C21H26N2O4/c24-19(12-27-20(25)11-15-10-13-5-6-14(15)9-13)23-18-4-2-1-3-17(18)21(26)22-16-7-8-16/h1-4,13-16H,5-12H2,(H,22,26)(H,23,24)/t13-,14-,15-/m1/s1. The Balaban J connectivity index is 1.25. The lowest BCUT2D eigenvalue weighted by Gasteiger charge is -2.20. The lowest BCUT2D eigenvalue weighted by atomic mass is 9.86. The van der Waals surface area contributed by atoms with Crippen molar-refractivity contribution < 1.29 is 19.1 Å². The fourth-order valence-corrected chi connectivity index (χ4v) is 4.51. The summed E-state index contributed by atoms with van der Waals surface area (Å²) in [5, 5.41) is 5.60. The molecular weight excluding hydrogens is 344 g/mol. The van der Waals surface area contributed by atoms with Gasteiger partial charge in [-0.3, -0.25) is 14.4 Å². The van der Waals surface area contributed by atoms with E-state index >= 15 is 0 Å². The number of nitrogens with one attached hydrogen (secondary N) is 2. The molecular formula is C21H26N2O4. The van der Waals surface area contributed by atoms with Crippen molar-refractivity contribution in [1.29, 1.82) is 0 Å². The van der Waals surface area contributed by atoms with Crippen molar-refractivity contribution in [2.24, 2.45) is 17.8 Å². The molecule has 0 spiro atoms. The zero-order valence-corrected chi connectivity index (χ0v) is 15.4. The molecule has 6 heteroatoms. The van der Waals surface area contributed by atoms with Crippen LogP contribution in [-0.2, 0) is 14.3 Å². The zero-order valence-electron chi connectivity index (χ0n) is 15.4. The Kier molecular flexibility index (Phi) is 5.14. The number of para-hydroxylation sites is 1. The fraction of sp³-hybridized carbons (Fsp3) is 0.571. The second-order valence-electron chi connectivity index (χ2n) is 8.14. The predicted octanol–water partition coefficient (Wildman–Crippen LogP) is 2.89. The Morgan fingerprint density at radius 2 is 1.85 bits per heavy atom. The minimum absolute atomic E-state index is 0.193. The van der Waals surface area contributed by atoms with Crippen molar-refractivity contribution in [3.8, 4) is 0 Å². The monoisotopic (exact) mass is 370 g/mol. The molecule has 3 saturated carbocycles. The third-order valence-electron chi connectivity index (χ3n) is 6.04. The first-order valence-electron chi connectivity index (χ1n) is 9.94. The van der Waals surface area contributed by atoms with Crippen LogP contribution in [0, 0.1) is 17.8 Å². The van der Waals surface area contributed by atoms with Gasteiger partial charge in [0, 0.05) is 12.5 Å². The van der Waals surface area contributed by atoms with E-state index in [1.54, 1.807) is 24.3 Å². The quantitative estimate of drug-likeness (QED) is 0.723. The number of rotatable bonds is 7. The molecule has 1 aromatic rings. The van der Waals surface area contributed by atoms with Crippen LogP contribution < -0.4 is 10.6 Å². The minimum Gasteiger partial charge on any atom is -0.456 e. The van der Waals surface area contributed by atoms with E-state index in [1.165, 1.54) is 19.3 Å². The molecule has 2 amide bonds. The lowest BCUT2D eigenvalue weighted by Crippen LogP contribution is -2.28. The Morgan fingerprint density at radius 1 is 1.04 bits per heavy atom. The highest BCUT2D eigenvalue weighted by atomic mass is 16.5. The van der Waals surface area contributed by atoms with E-state index in [2.05, 4.69) is 10.6 Å². The number of hydrogen-bond acceptors (Lipinski definition) is 4. The van der Waals surface area contributed by atoms with E-state index in [0.717, 1.165) is 25.2 Å². The van der Waals surface area contributed by atoms with E-state index in [1.807, 2.05) is 0 Å². The number of esters is 1. The molecule has 0 heterocycles. The molecule has 3 fully saturated rings. The topological polar surface area (TPSA) is 84.5 Å². The molecule has 1 aromatic carbocycles. The van der Waals surface area contributed by atoms with Crippen LogP contribution >= 0.6 is 0 Å². The summed E-state index contributed by atoms with van der Waals surface area (Å²) in [5.74, 6) is 0.945. The second kappa shape index (κ2) is 7.71. The molecule has 3 atom stereocenters. The Labute approximate surface area is 159 Å². The summed E-state index contributed by atoms with van der Waals surface area (Å²) in [4.78, 5) is 36.5. The number of benzene rings is 1. The summed E-state index contributed by atoms with van der Waals surface area (Å²) in [5.41, 5.74) is 0.857. The van der Waals surface area contributed by atoms with Crippen LogP contribution in [0.5, 0.6) is 0 Å². The van der Waals surface area contributed by atoms with Gasteiger partial charge in [0.15, 0.2) is 6.61 Å². The van der Waals surface area contributed by atoms with E-state index in [9.17, 15) is 14.4 Å². The molecule has 0 aromatic heterocycles. The van der Waals surface area contributed by atoms with Crippen LogP contribution in [0.1, 0.15) is 55.3 Å². The third-order valence-corrected chi connectivity index (χ3v) is 6.04. The molecule has 2 bridgehead atoms. The van der Waals surface area contributed by atoms with Crippen molar-refractivity contribution in [2.45, 2.75) is 51.0 Å². The van der Waals surface area contributed by atoms with E-state index in [-0.39, 0.29) is 24.5 Å². The Bertz CT molecular complexity index is 743. The largest absolute Gasteiger partial charge is 0.456 e. The van der Waals surface area contributed by atoms with E-state index in [0.29, 0.717) is 29.5 Å². The number of fused-ring (bicyclic) bond motifs is 2. The van der Waals surface area contributed by atoms with Crippen LogP contribution in [0.2, 0.25) is 0 Å². The van der Waals surface area contributed by atoms with Gasteiger partial charge in [-0.15, -0.1) is 0 Å². The highest BCUT2D eigenvalue weighted by Crippen LogP contribution is 2.49. The van der Waals surface area contributed by atoms with Crippen molar-refractivity contribution >= 4 is 23.5 Å². The summed E-state index contributed by atoms with van der Waals surface area (Å²) in [7, 11) is 0. The van der Waals surface area contributed by atoms with Gasteiger partial charge in [-0.25, -0.2) is 0 Å². The third kappa shape index (κ3) is 4.49.